The van der Waals surface area contributed by atoms with Crippen LogP contribution in [0.15, 0.2) is 4.99 Å². The predicted molar refractivity (Wildman–Crippen MR) is 80.7 cm³/mol. The molecule has 5 nitrogen and oxygen atoms in total. The van der Waals surface area contributed by atoms with E-state index in [1.807, 2.05) is 7.05 Å². The lowest BCUT2D eigenvalue weighted by atomic mass is 10.0. The molecular weight excluding hydrogens is 240 g/mol. The molecule has 1 heterocycles. The number of rotatable bonds is 6. The number of hydrogen-bond donors (Lipinski definition) is 1. The summed E-state index contributed by atoms with van der Waals surface area (Å²) in [6.45, 7) is 8.26. The van der Waals surface area contributed by atoms with Crippen LogP contribution in [0.5, 0.6) is 0 Å². The van der Waals surface area contributed by atoms with Crippen molar-refractivity contribution in [3.8, 4) is 0 Å². The number of aliphatic imine (C=N–C) groups is 1. The van der Waals surface area contributed by atoms with Crippen LogP contribution in [0.2, 0.25) is 0 Å². The molecule has 1 fully saturated rings. The Kier molecular flexibility index (Phi) is 7.82. The fourth-order valence-electron chi connectivity index (χ4n) is 2.43. The Balaban J connectivity index is 2.25. The Morgan fingerprint density at radius 3 is 2.89 bits per heavy atom. The summed E-state index contributed by atoms with van der Waals surface area (Å²) in [7, 11) is 5.73. The molecule has 112 valence electrons. The minimum absolute atomic E-state index is 0.775. The fraction of sp³-hybridized carbons (Fsp3) is 0.929. The summed E-state index contributed by atoms with van der Waals surface area (Å²) in [6, 6.07) is 0. The van der Waals surface area contributed by atoms with Gasteiger partial charge in [0.25, 0.3) is 0 Å². The summed E-state index contributed by atoms with van der Waals surface area (Å²) in [5, 5.41) is 3.46. The molecule has 0 spiro atoms. The minimum Gasteiger partial charge on any atom is -0.383 e. The van der Waals surface area contributed by atoms with Gasteiger partial charge in [-0.25, -0.2) is 0 Å². The SMILES string of the molecule is CN=C(NCCN(C)CCOC)N1CCCC(C)C1. The van der Waals surface area contributed by atoms with E-state index < -0.39 is 0 Å². The highest BCUT2D eigenvalue weighted by Gasteiger charge is 2.18. The molecule has 0 radical (unpaired) electrons. The van der Waals surface area contributed by atoms with Gasteiger partial charge >= 0.3 is 0 Å². The van der Waals surface area contributed by atoms with E-state index in [9.17, 15) is 0 Å². The van der Waals surface area contributed by atoms with Crippen LogP contribution in [0.25, 0.3) is 0 Å². The van der Waals surface area contributed by atoms with Crippen LogP contribution < -0.4 is 5.32 Å². The Morgan fingerprint density at radius 1 is 1.47 bits per heavy atom. The van der Waals surface area contributed by atoms with Gasteiger partial charge in [0.15, 0.2) is 5.96 Å². The van der Waals surface area contributed by atoms with Crippen molar-refractivity contribution in [2.24, 2.45) is 10.9 Å². The van der Waals surface area contributed by atoms with E-state index in [0.29, 0.717) is 0 Å². The van der Waals surface area contributed by atoms with Gasteiger partial charge in [-0.05, 0) is 25.8 Å². The number of likely N-dealkylation sites (N-methyl/N-ethyl adjacent to an activating group) is 1. The third kappa shape index (κ3) is 6.25. The molecule has 0 aromatic rings. The monoisotopic (exact) mass is 270 g/mol. The summed E-state index contributed by atoms with van der Waals surface area (Å²) < 4.78 is 5.07. The van der Waals surface area contributed by atoms with Gasteiger partial charge in [-0.1, -0.05) is 6.92 Å². The second-order valence-electron chi connectivity index (χ2n) is 5.46. The van der Waals surface area contributed by atoms with Crippen LogP contribution in [0.4, 0.5) is 0 Å². The first-order valence-corrected chi connectivity index (χ1v) is 7.30. The van der Waals surface area contributed by atoms with E-state index in [-0.39, 0.29) is 0 Å². The average molecular weight is 270 g/mol. The molecule has 5 heteroatoms. The highest BCUT2D eigenvalue weighted by atomic mass is 16.5. The van der Waals surface area contributed by atoms with Crippen molar-refractivity contribution in [2.45, 2.75) is 19.8 Å². The van der Waals surface area contributed by atoms with Gasteiger partial charge in [-0.2, -0.15) is 0 Å². The number of ether oxygens (including phenoxy) is 1. The largest absolute Gasteiger partial charge is 0.383 e. The Hall–Kier alpha value is -0.810. The summed E-state index contributed by atoms with van der Waals surface area (Å²) >= 11 is 0. The van der Waals surface area contributed by atoms with Crippen molar-refractivity contribution >= 4 is 5.96 Å². The molecule has 1 saturated heterocycles. The predicted octanol–water partition coefficient (Wildman–Crippen LogP) is 0.872. The number of nitrogens with one attached hydrogen (secondary N) is 1. The molecule has 0 amide bonds. The Bertz CT molecular complexity index is 270. The molecule has 1 N–H and O–H groups in total. The van der Waals surface area contributed by atoms with Crippen LogP contribution >= 0.6 is 0 Å². The van der Waals surface area contributed by atoms with Crippen molar-refractivity contribution in [2.75, 3.05) is 60.5 Å². The van der Waals surface area contributed by atoms with Gasteiger partial charge in [-0.15, -0.1) is 0 Å². The number of nitrogens with zero attached hydrogens (tertiary/aromatic N) is 3. The first kappa shape index (κ1) is 16.2. The number of methoxy groups -OCH3 is 1. The maximum absolute atomic E-state index is 5.07. The van der Waals surface area contributed by atoms with E-state index in [0.717, 1.165) is 51.2 Å². The van der Waals surface area contributed by atoms with Gasteiger partial charge in [0.1, 0.15) is 0 Å². The van der Waals surface area contributed by atoms with Crippen LogP contribution in [0, 0.1) is 5.92 Å². The van der Waals surface area contributed by atoms with Crippen LogP contribution in [0.1, 0.15) is 19.8 Å². The second-order valence-corrected chi connectivity index (χ2v) is 5.46. The zero-order valence-electron chi connectivity index (χ0n) is 13.0. The molecule has 1 rings (SSSR count). The normalized spacial score (nSPS) is 21.0. The van der Waals surface area contributed by atoms with E-state index in [4.69, 9.17) is 4.74 Å². The minimum atomic E-state index is 0.775. The molecular formula is C14H30N4O. The average Bonchev–Trinajstić information content (AvgIpc) is 2.41. The molecule has 0 saturated carbocycles. The zero-order chi connectivity index (χ0) is 14.1. The van der Waals surface area contributed by atoms with Gasteiger partial charge in [0.05, 0.1) is 6.61 Å². The molecule has 1 aliphatic heterocycles. The van der Waals surface area contributed by atoms with E-state index >= 15 is 0 Å². The summed E-state index contributed by atoms with van der Waals surface area (Å²) in [6.07, 6.45) is 2.61. The fourth-order valence-corrected chi connectivity index (χ4v) is 2.43. The molecule has 0 aromatic carbocycles. The number of guanidine groups is 1. The lowest BCUT2D eigenvalue weighted by Gasteiger charge is -2.33. The van der Waals surface area contributed by atoms with E-state index in [1.54, 1.807) is 7.11 Å². The van der Waals surface area contributed by atoms with Crippen LogP contribution in [0.3, 0.4) is 0 Å². The van der Waals surface area contributed by atoms with Crippen molar-refractivity contribution in [3.05, 3.63) is 0 Å². The second kappa shape index (κ2) is 9.15. The van der Waals surface area contributed by atoms with Crippen molar-refractivity contribution in [1.82, 2.24) is 15.1 Å². The van der Waals surface area contributed by atoms with Crippen molar-refractivity contribution < 1.29 is 4.74 Å². The smallest absolute Gasteiger partial charge is 0.193 e. The quantitative estimate of drug-likeness (QED) is 0.574. The Morgan fingerprint density at radius 2 is 2.26 bits per heavy atom. The molecule has 0 aliphatic carbocycles. The topological polar surface area (TPSA) is 40.1 Å². The highest BCUT2D eigenvalue weighted by Crippen LogP contribution is 2.15. The lowest BCUT2D eigenvalue weighted by molar-refractivity contribution is 0.162. The summed E-state index contributed by atoms with van der Waals surface area (Å²) in [4.78, 5) is 9.04. The maximum Gasteiger partial charge on any atom is 0.193 e. The zero-order valence-corrected chi connectivity index (χ0v) is 13.0. The number of hydrogen-bond acceptors (Lipinski definition) is 3. The third-order valence-electron chi connectivity index (χ3n) is 3.62. The maximum atomic E-state index is 5.07. The molecule has 0 bridgehead atoms. The van der Waals surface area contributed by atoms with Crippen LogP contribution in [-0.2, 0) is 4.74 Å². The lowest BCUT2D eigenvalue weighted by Crippen LogP contribution is -2.47. The Labute approximate surface area is 118 Å². The van der Waals surface area contributed by atoms with Crippen molar-refractivity contribution in [3.63, 3.8) is 0 Å². The molecule has 0 aromatic heterocycles. The summed E-state index contributed by atoms with van der Waals surface area (Å²) in [5.41, 5.74) is 0. The molecule has 1 atom stereocenters. The highest BCUT2D eigenvalue weighted by molar-refractivity contribution is 5.79. The van der Waals surface area contributed by atoms with Crippen LogP contribution in [-0.4, -0.2) is 76.3 Å². The van der Waals surface area contributed by atoms with E-state index in [1.165, 1.54) is 12.8 Å². The van der Waals surface area contributed by atoms with Gasteiger partial charge in [0, 0.05) is 46.9 Å². The van der Waals surface area contributed by atoms with E-state index in [2.05, 4.69) is 34.1 Å². The van der Waals surface area contributed by atoms with Gasteiger partial charge in [0.2, 0.25) is 0 Å². The number of likely N-dealkylation sites (tertiary alicyclic amines) is 1. The first-order chi connectivity index (χ1) is 9.17. The summed E-state index contributed by atoms with van der Waals surface area (Å²) in [5.74, 6) is 1.82. The molecule has 19 heavy (non-hydrogen) atoms. The first-order valence-electron chi connectivity index (χ1n) is 7.30. The molecule has 1 aliphatic rings. The third-order valence-corrected chi connectivity index (χ3v) is 3.62. The van der Waals surface area contributed by atoms with Gasteiger partial charge in [-0.3, -0.25) is 4.99 Å². The standard InChI is InChI=1S/C14H30N4O/c1-13-6-5-8-18(12-13)14(15-2)16-7-9-17(3)10-11-19-4/h13H,5-12H2,1-4H3,(H,15,16). The van der Waals surface area contributed by atoms with Crippen molar-refractivity contribution in [1.29, 1.82) is 0 Å². The number of piperidine rings is 1. The molecule has 1 unspecified atom stereocenters. The van der Waals surface area contributed by atoms with Gasteiger partial charge < -0.3 is 19.9 Å².